The number of H-pyrrole nitrogens is 1. The van der Waals surface area contributed by atoms with Crippen LogP contribution in [0.15, 0.2) is 71.9 Å². The molecule has 3 N–H and O–H groups in total. The number of hydrogen-bond donors (Lipinski definition) is 3. The van der Waals surface area contributed by atoms with Crippen LogP contribution < -0.4 is 4.74 Å². The van der Waals surface area contributed by atoms with E-state index >= 15 is 0 Å². The number of benzene rings is 3. The first-order valence-electron chi connectivity index (χ1n) is 11.1. The number of hydrogen-bond acceptors (Lipinski definition) is 8. The summed E-state index contributed by atoms with van der Waals surface area (Å²) in [6.45, 7) is 1.87. The molecule has 0 aliphatic heterocycles. The summed E-state index contributed by atoms with van der Waals surface area (Å²) in [7, 11) is 1.59. The van der Waals surface area contributed by atoms with Gasteiger partial charge in [0.2, 0.25) is 5.16 Å². The van der Waals surface area contributed by atoms with E-state index in [4.69, 9.17) is 9.72 Å². The van der Waals surface area contributed by atoms with Gasteiger partial charge in [0.05, 0.1) is 12.9 Å². The highest BCUT2D eigenvalue weighted by Crippen LogP contribution is 2.32. The quantitative estimate of drug-likeness (QED) is 0.202. The van der Waals surface area contributed by atoms with E-state index in [1.165, 1.54) is 11.8 Å². The number of phenolic OH excluding ortho intramolecular Hbond substituents is 2. The van der Waals surface area contributed by atoms with E-state index in [1.807, 2.05) is 25.1 Å². The number of aromatic amines is 1. The van der Waals surface area contributed by atoms with E-state index in [0.29, 0.717) is 27.9 Å². The Morgan fingerprint density at radius 2 is 1.56 bits per heavy atom. The first-order valence-corrected chi connectivity index (χ1v) is 12.1. The molecule has 2 aromatic heterocycles. The second-order valence-corrected chi connectivity index (χ2v) is 9.08. The predicted octanol–water partition coefficient (Wildman–Crippen LogP) is 5.39. The van der Waals surface area contributed by atoms with Gasteiger partial charge in [-0.2, -0.15) is 0 Å². The Kier molecular flexibility index (Phi) is 6.30. The van der Waals surface area contributed by atoms with E-state index in [0.717, 1.165) is 27.7 Å². The van der Waals surface area contributed by atoms with Gasteiger partial charge in [-0.15, -0.1) is 10.2 Å². The Hall–Kier alpha value is -4.37. The number of aryl methyl sites for hydroxylation is 1. The molecule has 0 amide bonds. The van der Waals surface area contributed by atoms with Gasteiger partial charge in [0.15, 0.2) is 5.78 Å². The second kappa shape index (κ2) is 9.71. The summed E-state index contributed by atoms with van der Waals surface area (Å²) in [4.78, 5) is 21.2. The molecule has 0 unspecified atom stereocenters. The van der Waals surface area contributed by atoms with Crippen LogP contribution in [0.2, 0.25) is 0 Å². The fourth-order valence-electron chi connectivity index (χ4n) is 4.00. The summed E-state index contributed by atoms with van der Waals surface area (Å²) < 4.78 is 5.32. The Morgan fingerprint density at radius 1 is 0.917 bits per heavy atom. The fourth-order valence-corrected chi connectivity index (χ4v) is 4.66. The van der Waals surface area contributed by atoms with E-state index in [-0.39, 0.29) is 23.0 Å². The van der Waals surface area contributed by atoms with Gasteiger partial charge < -0.3 is 19.9 Å². The van der Waals surface area contributed by atoms with Crippen LogP contribution in [0.4, 0.5) is 0 Å². The highest BCUT2D eigenvalue weighted by molar-refractivity contribution is 7.99. The summed E-state index contributed by atoms with van der Waals surface area (Å²) in [6, 6.07) is 18.8. The molecule has 0 saturated carbocycles. The molecule has 2 heterocycles. The highest BCUT2D eigenvalue weighted by Gasteiger charge is 2.19. The number of nitrogens with zero attached hydrogens (tertiary/aromatic N) is 3. The summed E-state index contributed by atoms with van der Waals surface area (Å²) in [6.07, 6.45) is 0. The van der Waals surface area contributed by atoms with Gasteiger partial charge in [0, 0.05) is 33.3 Å². The Balaban J connectivity index is 1.46. The van der Waals surface area contributed by atoms with Gasteiger partial charge in [-0.05, 0) is 73.7 Å². The van der Waals surface area contributed by atoms with Crippen molar-refractivity contribution < 1.29 is 19.7 Å². The maximum Gasteiger partial charge on any atom is 0.210 e. The zero-order chi connectivity index (χ0) is 25.2. The fraction of sp³-hybridized carbons (Fsp3) is 0.111. The first kappa shape index (κ1) is 23.4. The van der Waals surface area contributed by atoms with Crippen molar-refractivity contribution >= 4 is 28.4 Å². The van der Waals surface area contributed by atoms with Crippen LogP contribution in [0.1, 0.15) is 16.1 Å². The van der Waals surface area contributed by atoms with Gasteiger partial charge in [-0.1, -0.05) is 11.8 Å². The monoisotopic (exact) mass is 498 g/mol. The smallest absolute Gasteiger partial charge is 0.210 e. The van der Waals surface area contributed by atoms with Crippen LogP contribution in [-0.4, -0.2) is 49.0 Å². The number of methoxy groups -OCH3 is 1. The number of carbonyl (C=O) groups excluding carboxylic acids is 1. The van der Waals surface area contributed by atoms with Crippen molar-refractivity contribution in [3.05, 3.63) is 78.0 Å². The molecule has 9 heteroatoms. The topological polar surface area (TPSA) is 121 Å². The predicted molar refractivity (Wildman–Crippen MR) is 139 cm³/mol. The lowest BCUT2D eigenvalue weighted by Gasteiger charge is -2.10. The average Bonchev–Trinajstić information content (AvgIpc) is 3.23. The minimum atomic E-state index is -0.0607. The molecular weight excluding hydrogens is 476 g/mol. The molecule has 0 atom stereocenters. The minimum Gasteiger partial charge on any atom is -0.508 e. The number of rotatable bonds is 7. The molecule has 0 radical (unpaired) electrons. The number of nitrogens with one attached hydrogen (secondary N) is 1. The molecule has 8 nitrogen and oxygen atoms in total. The van der Waals surface area contributed by atoms with E-state index < -0.39 is 0 Å². The molecule has 36 heavy (non-hydrogen) atoms. The number of aromatic nitrogens is 4. The zero-order valence-electron chi connectivity index (χ0n) is 19.5. The van der Waals surface area contributed by atoms with E-state index in [1.54, 1.807) is 55.6 Å². The summed E-state index contributed by atoms with van der Waals surface area (Å²) >= 11 is 1.20. The lowest BCUT2D eigenvalue weighted by molar-refractivity contribution is 0.102. The second-order valence-electron chi connectivity index (χ2n) is 8.13. The van der Waals surface area contributed by atoms with Gasteiger partial charge in [-0.3, -0.25) is 4.79 Å². The molecule has 0 bridgehead atoms. The van der Waals surface area contributed by atoms with Gasteiger partial charge in [0.25, 0.3) is 0 Å². The number of Topliss-reactive ketones (excluding diaryl/α,β-unsaturated/α-hetero) is 1. The molecule has 0 aliphatic rings. The summed E-state index contributed by atoms with van der Waals surface area (Å²) in [5.41, 5.74) is 4.81. The average molecular weight is 499 g/mol. The van der Waals surface area contributed by atoms with E-state index in [9.17, 15) is 15.0 Å². The van der Waals surface area contributed by atoms with Crippen LogP contribution in [0.5, 0.6) is 17.2 Å². The number of ketones is 1. The third-order valence-corrected chi connectivity index (χ3v) is 6.59. The standard InChI is InChI=1S/C27H22N4O4S/c1-15-24(21-13-20(35-2)11-12-22(21)28-15)23(34)14-36-27-29-25(16-3-7-18(32)8-4-16)26(30-31-27)17-5-9-19(33)10-6-17/h3-13,28,32-33H,14H2,1-2H3. The molecule has 5 aromatic rings. The highest BCUT2D eigenvalue weighted by atomic mass is 32.2. The SMILES string of the molecule is COc1ccc2[nH]c(C)c(C(=O)CSc3nnc(-c4ccc(O)cc4)c(-c4ccc(O)cc4)n3)c2c1. The lowest BCUT2D eigenvalue weighted by atomic mass is 10.0. The van der Waals surface area contributed by atoms with Crippen molar-refractivity contribution in [1.29, 1.82) is 0 Å². The number of ether oxygens (including phenoxy) is 1. The van der Waals surface area contributed by atoms with Gasteiger partial charge >= 0.3 is 0 Å². The van der Waals surface area contributed by atoms with Crippen molar-refractivity contribution in [2.24, 2.45) is 0 Å². The maximum atomic E-state index is 13.2. The molecule has 3 aromatic carbocycles. The zero-order valence-corrected chi connectivity index (χ0v) is 20.3. The summed E-state index contributed by atoms with van der Waals surface area (Å²) in [5, 5.41) is 29.2. The van der Waals surface area contributed by atoms with Crippen molar-refractivity contribution in [3.63, 3.8) is 0 Å². The Bertz CT molecular complexity index is 1560. The van der Waals surface area contributed by atoms with Crippen LogP contribution in [0.3, 0.4) is 0 Å². The van der Waals surface area contributed by atoms with Gasteiger partial charge in [-0.25, -0.2) is 4.98 Å². The molecule has 0 spiro atoms. The third kappa shape index (κ3) is 4.60. The molecule has 5 rings (SSSR count). The third-order valence-electron chi connectivity index (χ3n) is 5.75. The molecule has 0 fully saturated rings. The minimum absolute atomic E-state index is 0.0607. The normalized spacial score (nSPS) is 11.1. The van der Waals surface area contributed by atoms with Crippen LogP contribution in [0, 0.1) is 6.92 Å². The van der Waals surface area contributed by atoms with Crippen LogP contribution >= 0.6 is 11.8 Å². The van der Waals surface area contributed by atoms with Crippen molar-refractivity contribution in [2.75, 3.05) is 12.9 Å². The first-order chi connectivity index (χ1) is 17.4. The maximum absolute atomic E-state index is 13.2. The summed E-state index contributed by atoms with van der Waals surface area (Å²) in [5.74, 6) is 1.02. The molecule has 180 valence electrons. The number of aromatic hydroxyl groups is 2. The van der Waals surface area contributed by atoms with Crippen molar-refractivity contribution in [2.45, 2.75) is 12.1 Å². The number of carbonyl (C=O) groups is 1. The number of thioether (sulfide) groups is 1. The van der Waals surface area contributed by atoms with E-state index in [2.05, 4.69) is 15.2 Å². The lowest BCUT2D eigenvalue weighted by Crippen LogP contribution is -2.06. The number of fused-ring (bicyclic) bond motifs is 1. The molecule has 0 aliphatic carbocycles. The van der Waals surface area contributed by atoms with Crippen molar-refractivity contribution in [1.82, 2.24) is 20.2 Å². The Morgan fingerprint density at radius 3 is 2.19 bits per heavy atom. The largest absolute Gasteiger partial charge is 0.508 e. The molecular formula is C27H22N4O4S. The van der Waals surface area contributed by atoms with Crippen LogP contribution in [0.25, 0.3) is 33.4 Å². The molecule has 0 saturated heterocycles. The number of phenols is 2. The van der Waals surface area contributed by atoms with Crippen molar-refractivity contribution in [3.8, 4) is 39.8 Å². The van der Waals surface area contributed by atoms with Crippen LogP contribution in [-0.2, 0) is 0 Å². The Labute approximate surface area is 211 Å². The van der Waals surface area contributed by atoms with Gasteiger partial charge in [0.1, 0.15) is 28.6 Å².